The summed E-state index contributed by atoms with van der Waals surface area (Å²) >= 11 is 0. The molecule has 1 unspecified atom stereocenters. The molecule has 1 aromatic carbocycles. The Balaban J connectivity index is 1.94. The summed E-state index contributed by atoms with van der Waals surface area (Å²) in [6.07, 6.45) is 3.67. The molecule has 106 valence electrons. The predicted octanol–water partition coefficient (Wildman–Crippen LogP) is 4.07. The van der Waals surface area contributed by atoms with Crippen molar-refractivity contribution >= 4 is 8.07 Å². The van der Waals surface area contributed by atoms with Crippen LogP contribution >= 0.6 is 0 Å². The topological polar surface area (TPSA) is 12.0 Å². The molecule has 0 aromatic heterocycles. The molecule has 0 aliphatic heterocycles. The molecule has 19 heavy (non-hydrogen) atoms. The van der Waals surface area contributed by atoms with Crippen LogP contribution in [0.5, 0.6) is 0 Å². The zero-order chi connectivity index (χ0) is 13.9. The van der Waals surface area contributed by atoms with Gasteiger partial charge in [-0.15, -0.1) is 0 Å². The van der Waals surface area contributed by atoms with Gasteiger partial charge < -0.3 is 5.32 Å². The van der Waals surface area contributed by atoms with E-state index in [1.807, 2.05) is 6.07 Å². The number of nitrogens with one attached hydrogen (secondary N) is 1. The van der Waals surface area contributed by atoms with Crippen LogP contribution in [0.15, 0.2) is 24.3 Å². The largest absolute Gasteiger partial charge is 0.314 e. The molecule has 1 aliphatic carbocycles. The number of halogens is 1. The summed E-state index contributed by atoms with van der Waals surface area (Å²) in [6, 6.07) is 9.16. The van der Waals surface area contributed by atoms with Gasteiger partial charge in [-0.05, 0) is 49.4 Å². The third kappa shape index (κ3) is 5.87. The summed E-state index contributed by atoms with van der Waals surface area (Å²) in [7, 11) is -1.07. The minimum absolute atomic E-state index is 0.112. The zero-order valence-electron chi connectivity index (χ0n) is 12.4. The second-order valence-corrected chi connectivity index (χ2v) is 12.7. The summed E-state index contributed by atoms with van der Waals surface area (Å²) < 4.78 is 13.3. The molecule has 0 heterocycles. The second kappa shape index (κ2) is 6.19. The maximum atomic E-state index is 13.3. The highest BCUT2D eigenvalue weighted by Gasteiger charge is 2.25. The Bertz CT molecular complexity index is 409. The molecular formula is C16H26FNSi. The van der Waals surface area contributed by atoms with E-state index in [9.17, 15) is 4.39 Å². The molecule has 1 fully saturated rings. The molecule has 0 saturated heterocycles. The highest BCUT2D eigenvalue weighted by molar-refractivity contribution is 6.76. The van der Waals surface area contributed by atoms with Gasteiger partial charge in [0, 0.05) is 14.1 Å². The van der Waals surface area contributed by atoms with Gasteiger partial charge >= 0.3 is 0 Å². The lowest BCUT2D eigenvalue weighted by atomic mass is 10.0. The Hall–Kier alpha value is -0.673. The first-order valence-electron chi connectivity index (χ1n) is 7.40. The lowest BCUT2D eigenvalue weighted by Crippen LogP contribution is -2.32. The van der Waals surface area contributed by atoms with E-state index in [4.69, 9.17) is 0 Å². The number of benzene rings is 1. The fourth-order valence-electron chi connectivity index (χ4n) is 2.70. The minimum Gasteiger partial charge on any atom is -0.314 e. The Labute approximate surface area is 117 Å². The van der Waals surface area contributed by atoms with Crippen molar-refractivity contribution in [3.05, 3.63) is 35.6 Å². The van der Waals surface area contributed by atoms with Crippen molar-refractivity contribution in [1.82, 2.24) is 5.32 Å². The van der Waals surface area contributed by atoms with E-state index in [-0.39, 0.29) is 5.82 Å². The summed E-state index contributed by atoms with van der Waals surface area (Å²) in [5, 5.41) is 3.64. The molecule has 0 amide bonds. The molecular weight excluding hydrogens is 253 g/mol. The standard InChI is InChI=1S/C16H26FNSi/c1-19(2,3)12-14(11-18-16-7-8-16)9-13-5-4-6-15(17)10-13/h4-6,10,14,16,18H,7-9,11-12H2,1-3H3. The van der Waals surface area contributed by atoms with Crippen LogP contribution in [-0.4, -0.2) is 20.7 Å². The summed E-state index contributed by atoms with van der Waals surface area (Å²) in [5.74, 6) is 0.536. The van der Waals surface area contributed by atoms with Gasteiger partial charge in [-0.3, -0.25) is 0 Å². The van der Waals surface area contributed by atoms with Crippen LogP contribution in [0.1, 0.15) is 18.4 Å². The number of hydrogen-bond acceptors (Lipinski definition) is 1. The highest BCUT2D eigenvalue weighted by atomic mass is 28.3. The second-order valence-electron chi connectivity index (χ2n) is 7.15. The van der Waals surface area contributed by atoms with Crippen LogP contribution in [0.3, 0.4) is 0 Å². The SMILES string of the molecule is C[Si](C)(C)CC(CNC1CC1)Cc1cccc(F)c1. The van der Waals surface area contributed by atoms with Crippen molar-refractivity contribution < 1.29 is 4.39 Å². The summed E-state index contributed by atoms with van der Waals surface area (Å²) in [4.78, 5) is 0. The molecule has 1 saturated carbocycles. The van der Waals surface area contributed by atoms with Gasteiger partial charge in [0.05, 0.1) is 0 Å². The molecule has 3 heteroatoms. The normalized spacial score (nSPS) is 17.5. The molecule has 1 aliphatic rings. The third-order valence-electron chi connectivity index (χ3n) is 3.59. The van der Waals surface area contributed by atoms with E-state index in [1.165, 1.54) is 25.0 Å². The molecule has 1 N–H and O–H groups in total. The fraction of sp³-hybridized carbons (Fsp3) is 0.625. The lowest BCUT2D eigenvalue weighted by molar-refractivity contribution is 0.502. The van der Waals surface area contributed by atoms with Crippen molar-refractivity contribution in [3.8, 4) is 0 Å². The molecule has 0 radical (unpaired) electrons. The Morgan fingerprint density at radius 1 is 1.32 bits per heavy atom. The van der Waals surface area contributed by atoms with E-state index in [0.29, 0.717) is 5.92 Å². The molecule has 1 atom stereocenters. The van der Waals surface area contributed by atoms with Crippen molar-refractivity contribution in [2.45, 2.75) is 51.0 Å². The van der Waals surface area contributed by atoms with Gasteiger partial charge in [-0.25, -0.2) is 4.39 Å². The van der Waals surface area contributed by atoms with Crippen LogP contribution < -0.4 is 5.32 Å². The number of hydrogen-bond donors (Lipinski definition) is 1. The third-order valence-corrected chi connectivity index (χ3v) is 5.39. The van der Waals surface area contributed by atoms with E-state index in [0.717, 1.165) is 24.6 Å². The van der Waals surface area contributed by atoms with Gasteiger partial charge in [0.15, 0.2) is 0 Å². The van der Waals surface area contributed by atoms with Crippen LogP contribution in [0.2, 0.25) is 25.7 Å². The maximum Gasteiger partial charge on any atom is 0.123 e. The molecule has 0 spiro atoms. The lowest BCUT2D eigenvalue weighted by Gasteiger charge is -2.25. The smallest absolute Gasteiger partial charge is 0.123 e. The first kappa shape index (κ1) is 14.7. The molecule has 2 rings (SSSR count). The van der Waals surface area contributed by atoms with Crippen molar-refractivity contribution in [2.24, 2.45) is 5.92 Å². The van der Waals surface area contributed by atoms with Crippen LogP contribution in [0, 0.1) is 11.7 Å². The fourth-order valence-corrected chi connectivity index (χ4v) is 4.72. The van der Waals surface area contributed by atoms with Crippen LogP contribution in [-0.2, 0) is 6.42 Å². The number of rotatable bonds is 7. The van der Waals surface area contributed by atoms with Gasteiger partial charge in [-0.1, -0.05) is 37.8 Å². The Morgan fingerprint density at radius 2 is 2.05 bits per heavy atom. The maximum absolute atomic E-state index is 13.3. The first-order valence-corrected chi connectivity index (χ1v) is 11.1. The molecule has 1 nitrogen and oxygen atoms in total. The van der Waals surface area contributed by atoms with Gasteiger partial charge in [-0.2, -0.15) is 0 Å². The minimum atomic E-state index is -1.07. The van der Waals surface area contributed by atoms with Gasteiger partial charge in [0.1, 0.15) is 5.82 Å². The quantitative estimate of drug-likeness (QED) is 0.742. The van der Waals surface area contributed by atoms with Crippen LogP contribution in [0.25, 0.3) is 0 Å². The predicted molar refractivity (Wildman–Crippen MR) is 82.8 cm³/mol. The van der Waals surface area contributed by atoms with Gasteiger partial charge in [0.25, 0.3) is 0 Å². The summed E-state index contributed by atoms with van der Waals surface area (Å²) in [5.41, 5.74) is 1.14. The van der Waals surface area contributed by atoms with Crippen molar-refractivity contribution in [1.29, 1.82) is 0 Å². The van der Waals surface area contributed by atoms with Crippen molar-refractivity contribution in [2.75, 3.05) is 6.54 Å². The first-order chi connectivity index (χ1) is 8.92. The van der Waals surface area contributed by atoms with E-state index in [2.05, 4.69) is 31.0 Å². The average Bonchev–Trinajstić information content (AvgIpc) is 3.07. The van der Waals surface area contributed by atoms with E-state index >= 15 is 0 Å². The van der Waals surface area contributed by atoms with Crippen molar-refractivity contribution in [3.63, 3.8) is 0 Å². The Kier molecular flexibility index (Phi) is 4.80. The molecule has 0 bridgehead atoms. The molecule has 1 aromatic rings. The van der Waals surface area contributed by atoms with E-state index in [1.54, 1.807) is 6.07 Å². The zero-order valence-corrected chi connectivity index (χ0v) is 13.4. The van der Waals surface area contributed by atoms with E-state index < -0.39 is 8.07 Å². The summed E-state index contributed by atoms with van der Waals surface area (Å²) in [6.45, 7) is 8.35. The Morgan fingerprint density at radius 3 is 2.63 bits per heavy atom. The van der Waals surface area contributed by atoms with Crippen LogP contribution in [0.4, 0.5) is 4.39 Å². The monoisotopic (exact) mass is 279 g/mol. The highest BCUT2D eigenvalue weighted by Crippen LogP contribution is 2.24. The average molecular weight is 279 g/mol. The van der Waals surface area contributed by atoms with Gasteiger partial charge in [0.2, 0.25) is 0 Å².